The van der Waals surface area contributed by atoms with Gasteiger partial charge in [0.15, 0.2) is 0 Å². The summed E-state index contributed by atoms with van der Waals surface area (Å²) in [6, 6.07) is 0.587. The molecule has 1 spiro atoms. The van der Waals surface area contributed by atoms with Crippen LogP contribution in [0.5, 0.6) is 0 Å². The van der Waals surface area contributed by atoms with Gasteiger partial charge in [0, 0.05) is 19.0 Å². The molecule has 1 aliphatic heterocycles. The molecule has 0 radical (unpaired) electrons. The second-order valence-corrected chi connectivity index (χ2v) is 6.69. The van der Waals surface area contributed by atoms with Crippen LogP contribution in [0.2, 0.25) is 0 Å². The Morgan fingerprint density at radius 3 is 2.61 bits per heavy atom. The number of hydrogen-bond donors (Lipinski definition) is 2. The highest BCUT2D eigenvalue weighted by Gasteiger charge is 2.50. The fourth-order valence-corrected chi connectivity index (χ4v) is 3.54. The van der Waals surface area contributed by atoms with E-state index in [0.29, 0.717) is 17.3 Å². The molecule has 3 aliphatic rings. The van der Waals surface area contributed by atoms with E-state index < -0.39 is 0 Å². The minimum atomic E-state index is 0.0820. The van der Waals surface area contributed by atoms with E-state index in [1.807, 2.05) is 0 Å². The van der Waals surface area contributed by atoms with Crippen molar-refractivity contribution in [2.24, 2.45) is 5.41 Å². The van der Waals surface area contributed by atoms with E-state index >= 15 is 0 Å². The van der Waals surface area contributed by atoms with Crippen LogP contribution in [0.25, 0.3) is 0 Å². The SMILES string of the molecule is CC1(Nc2nnc(C3CC4(CCC4)C3)o2)CNC1. The summed E-state index contributed by atoms with van der Waals surface area (Å²) >= 11 is 0. The van der Waals surface area contributed by atoms with Crippen LogP contribution in [-0.2, 0) is 0 Å². The Kier molecular flexibility index (Phi) is 2.08. The molecule has 0 aromatic carbocycles. The summed E-state index contributed by atoms with van der Waals surface area (Å²) in [6.45, 7) is 4.08. The molecule has 3 fully saturated rings. The van der Waals surface area contributed by atoms with Gasteiger partial charge in [0.25, 0.3) is 0 Å². The summed E-state index contributed by atoms with van der Waals surface area (Å²) in [4.78, 5) is 0. The lowest BCUT2D eigenvalue weighted by atomic mass is 9.52. The summed E-state index contributed by atoms with van der Waals surface area (Å²) in [5.41, 5.74) is 0.745. The van der Waals surface area contributed by atoms with E-state index in [0.717, 1.165) is 19.0 Å². The normalized spacial score (nSPS) is 28.3. The summed E-state index contributed by atoms with van der Waals surface area (Å²) < 4.78 is 5.76. The number of anilines is 1. The average Bonchev–Trinajstić information content (AvgIpc) is 2.59. The number of hydrogen-bond acceptors (Lipinski definition) is 5. The predicted octanol–water partition coefficient (Wildman–Crippen LogP) is 1.89. The molecule has 0 atom stereocenters. The molecule has 98 valence electrons. The van der Waals surface area contributed by atoms with Gasteiger partial charge in [-0.1, -0.05) is 11.5 Å². The summed E-state index contributed by atoms with van der Waals surface area (Å²) in [6.07, 6.45) is 6.74. The molecule has 0 unspecified atom stereocenters. The largest absolute Gasteiger partial charge is 0.408 e. The zero-order valence-corrected chi connectivity index (χ0v) is 10.8. The summed E-state index contributed by atoms with van der Waals surface area (Å²) in [5.74, 6) is 1.35. The lowest BCUT2D eigenvalue weighted by molar-refractivity contribution is 0.000228. The average molecular weight is 248 g/mol. The third-order valence-corrected chi connectivity index (χ3v) is 5.00. The summed E-state index contributed by atoms with van der Waals surface area (Å²) in [7, 11) is 0. The fourth-order valence-electron chi connectivity index (χ4n) is 3.54. The van der Waals surface area contributed by atoms with Gasteiger partial charge in [-0.15, -0.1) is 5.10 Å². The zero-order chi connectivity index (χ0) is 12.2. The Morgan fingerprint density at radius 1 is 1.28 bits per heavy atom. The molecule has 1 aromatic rings. The number of rotatable bonds is 3. The van der Waals surface area contributed by atoms with Gasteiger partial charge in [0.05, 0.1) is 5.54 Å². The van der Waals surface area contributed by atoms with E-state index in [4.69, 9.17) is 4.42 Å². The molecule has 2 saturated carbocycles. The fraction of sp³-hybridized carbons (Fsp3) is 0.846. The smallest absolute Gasteiger partial charge is 0.315 e. The van der Waals surface area contributed by atoms with Crippen LogP contribution < -0.4 is 10.6 Å². The highest BCUT2D eigenvalue weighted by atomic mass is 16.4. The number of aromatic nitrogens is 2. The third-order valence-electron chi connectivity index (χ3n) is 5.00. The first kappa shape index (κ1) is 10.8. The quantitative estimate of drug-likeness (QED) is 0.855. The maximum atomic E-state index is 5.76. The van der Waals surface area contributed by atoms with Crippen LogP contribution in [-0.4, -0.2) is 28.8 Å². The lowest BCUT2D eigenvalue weighted by Crippen LogP contribution is -2.62. The first-order valence-electron chi connectivity index (χ1n) is 6.99. The molecule has 5 heteroatoms. The molecule has 0 bridgehead atoms. The highest BCUT2D eigenvalue weighted by Crippen LogP contribution is 2.61. The minimum absolute atomic E-state index is 0.0820. The summed E-state index contributed by atoms with van der Waals surface area (Å²) in [5, 5.41) is 14.9. The third kappa shape index (κ3) is 1.56. The molecule has 0 amide bonds. The Balaban J connectivity index is 1.40. The van der Waals surface area contributed by atoms with Gasteiger partial charge in [-0.2, -0.15) is 0 Å². The molecule has 2 aliphatic carbocycles. The van der Waals surface area contributed by atoms with Crippen molar-refractivity contribution < 1.29 is 4.42 Å². The maximum absolute atomic E-state index is 5.76. The number of nitrogens with one attached hydrogen (secondary N) is 2. The Bertz CT molecular complexity index is 453. The van der Waals surface area contributed by atoms with Crippen molar-refractivity contribution >= 4 is 6.01 Å². The van der Waals surface area contributed by atoms with Crippen molar-refractivity contribution in [3.05, 3.63) is 5.89 Å². The molecular weight excluding hydrogens is 228 g/mol. The molecule has 4 rings (SSSR count). The Morgan fingerprint density at radius 2 is 2.06 bits per heavy atom. The maximum Gasteiger partial charge on any atom is 0.315 e. The molecule has 1 aromatic heterocycles. The lowest BCUT2D eigenvalue weighted by Gasteiger charge is -2.53. The van der Waals surface area contributed by atoms with Crippen LogP contribution in [0.15, 0.2) is 4.42 Å². The standard InChI is InChI=1S/C13H20N4O/c1-12(7-14-8-12)15-11-17-16-10(18-11)9-5-13(6-9)3-2-4-13/h9,14H,2-8H2,1H3,(H,15,17). The van der Waals surface area contributed by atoms with E-state index in [-0.39, 0.29) is 5.54 Å². The minimum Gasteiger partial charge on any atom is -0.408 e. The second-order valence-electron chi connectivity index (χ2n) is 6.69. The van der Waals surface area contributed by atoms with Crippen LogP contribution in [0.4, 0.5) is 6.01 Å². The van der Waals surface area contributed by atoms with E-state index in [1.54, 1.807) is 0 Å². The van der Waals surface area contributed by atoms with E-state index in [2.05, 4.69) is 27.8 Å². The zero-order valence-electron chi connectivity index (χ0n) is 10.8. The molecule has 2 N–H and O–H groups in total. The highest BCUT2D eigenvalue weighted by molar-refractivity contribution is 5.27. The Labute approximate surface area is 107 Å². The molecule has 2 heterocycles. The van der Waals surface area contributed by atoms with Crippen molar-refractivity contribution in [2.45, 2.75) is 50.5 Å². The number of nitrogens with zero attached hydrogens (tertiary/aromatic N) is 2. The molecular formula is C13H20N4O. The second kappa shape index (κ2) is 3.47. The van der Waals surface area contributed by atoms with Gasteiger partial charge in [-0.05, 0) is 38.0 Å². The first-order chi connectivity index (χ1) is 8.67. The first-order valence-corrected chi connectivity index (χ1v) is 6.99. The molecule has 5 nitrogen and oxygen atoms in total. The van der Waals surface area contributed by atoms with Gasteiger partial charge in [0.1, 0.15) is 0 Å². The van der Waals surface area contributed by atoms with Crippen LogP contribution >= 0.6 is 0 Å². The van der Waals surface area contributed by atoms with Gasteiger partial charge < -0.3 is 15.1 Å². The van der Waals surface area contributed by atoms with Crippen LogP contribution in [0, 0.1) is 5.41 Å². The van der Waals surface area contributed by atoms with E-state index in [9.17, 15) is 0 Å². The monoisotopic (exact) mass is 248 g/mol. The van der Waals surface area contributed by atoms with Crippen molar-refractivity contribution in [1.29, 1.82) is 0 Å². The van der Waals surface area contributed by atoms with Gasteiger partial charge >= 0.3 is 6.01 Å². The van der Waals surface area contributed by atoms with Gasteiger partial charge in [0.2, 0.25) is 5.89 Å². The molecule has 18 heavy (non-hydrogen) atoms. The van der Waals surface area contributed by atoms with Crippen molar-refractivity contribution in [1.82, 2.24) is 15.5 Å². The Hall–Kier alpha value is -1.10. The van der Waals surface area contributed by atoms with Crippen molar-refractivity contribution in [2.75, 3.05) is 18.4 Å². The van der Waals surface area contributed by atoms with Crippen LogP contribution in [0.3, 0.4) is 0 Å². The topological polar surface area (TPSA) is 63.0 Å². The predicted molar refractivity (Wildman–Crippen MR) is 67.5 cm³/mol. The van der Waals surface area contributed by atoms with Gasteiger partial charge in [-0.3, -0.25) is 0 Å². The van der Waals surface area contributed by atoms with Gasteiger partial charge in [-0.25, -0.2) is 0 Å². The molecule has 1 saturated heterocycles. The van der Waals surface area contributed by atoms with Crippen LogP contribution in [0.1, 0.15) is 50.8 Å². The van der Waals surface area contributed by atoms with Crippen molar-refractivity contribution in [3.63, 3.8) is 0 Å². The van der Waals surface area contributed by atoms with E-state index in [1.165, 1.54) is 32.1 Å². The van der Waals surface area contributed by atoms with Crippen molar-refractivity contribution in [3.8, 4) is 0 Å².